The van der Waals surface area contributed by atoms with E-state index in [-0.39, 0.29) is 18.9 Å². The van der Waals surface area contributed by atoms with Gasteiger partial charge in [0, 0.05) is 38.8 Å². The highest BCUT2D eigenvalue weighted by molar-refractivity contribution is 5.80. The maximum atomic E-state index is 12.8. The first-order valence-electron chi connectivity index (χ1n) is 9.80. The molecule has 2 aliphatic rings. The highest BCUT2D eigenvalue weighted by atomic mass is 19.4. The molecule has 2 fully saturated rings. The smallest absolute Gasteiger partial charge is 0.379 e. The Hall–Kier alpha value is -1.02. The lowest BCUT2D eigenvalue weighted by Gasteiger charge is -2.31. The molecule has 0 spiro atoms. The van der Waals surface area contributed by atoms with Gasteiger partial charge in [-0.05, 0) is 38.5 Å². The number of aliphatic imine (C=N–C) groups is 1. The summed E-state index contributed by atoms with van der Waals surface area (Å²) in [6.45, 7) is 10.1. The molecule has 0 radical (unpaired) electrons. The lowest BCUT2D eigenvalue weighted by Crippen LogP contribution is -2.46. The van der Waals surface area contributed by atoms with Gasteiger partial charge in [-0.1, -0.05) is 6.92 Å². The molecule has 1 saturated heterocycles. The normalized spacial score (nSPS) is 27.2. The van der Waals surface area contributed by atoms with E-state index in [2.05, 4.69) is 27.4 Å². The summed E-state index contributed by atoms with van der Waals surface area (Å²) in [5.41, 5.74) is 0. The first-order chi connectivity index (χ1) is 12.4. The number of hydrogen-bond donors (Lipinski definition) is 2. The van der Waals surface area contributed by atoms with Crippen LogP contribution in [-0.2, 0) is 4.74 Å². The molecule has 1 aliphatic carbocycles. The van der Waals surface area contributed by atoms with Crippen LogP contribution in [0, 0.1) is 11.8 Å². The van der Waals surface area contributed by atoms with E-state index in [0.29, 0.717) is 25.3 Å². The molecule has 1 saturated carbocycles. The van der Waals surface area contributed by atoms with Gasteiger partial charge in [-0.25, -0.2) is 0 Å². The van der Waals surface area contributed by atoms with E-state index >= 15 is 0 Å². The highest BCUT2D eigenvalue weighted by Gasteiger charge is 2.41. The van der Waals surface area contributed by atoms with Crippen molar-refractivity contribution >= 4 is 5.96 Å². The fourth-order valence-electron chi connectivity index (χ4n) is 3.61. The number of nitrogens with one attached hydrogen (secondary N) is 2. The van der Waals surface area contributed by atoms with Crippen molar-refractivity contribution in [3.05, 3.63) is 0 Å². The Bertz CT molecular complexity index is 431. The quantitative estimate of drug-likeness (QED) is 0.551. The summed E-state index contributed by atoms with van der Waals surface area (Å²) < 4.78 is 43.7. The first-order valence-corrected chi connectivity index (χ1v) is 9.80. The molecule has 1 unspecified atom stereocenters. The van der Waals surface area contributed by atoms with E-state index in [0.717, 1.165) is 45.4 Å². The SMILES string of the molecule is CCNC(=NCC(C)CN1CCOCC1)NC1CCC(C(F)(F)F)CC1. The molecule has 1 aliphatic heterocycles. The fraction of sp³-hybridized carbons (Fsp3) is 0.944. The maximum Gasteiger partial charge on any atom is 0.391 e. The standard InChI is InChI=1S/C18H33F3N4O/c1-3-22-17(23-12-14(2)13-25-8-10-26-11-9-25)24-16-6-4-15(5-7-16)18(19,20)21/h14-16H,3-13H2,1-2H3,(H2,22,23,24). The number of hydrogen-bond acceptors (Lipinski definition) is 3. The molecule has 26 heavy (non-hydrogen) atoms. The van der Waals surface area contributed by atoms with E-state index in [1.54, 1.807) is 0 Å². The molecular weight excluding hydrogens is 345 g/mol. The Morgan fingerprint density at radius 2 is 1.85 bits per heavy atom. The average molecular weight is 378 g/mol. The molecule has 152 valence electrons. The number of guanidine groups is 1. The van der Waals surface area contributed by atoms with Gasteiger partial charge in [0.2, 0.25) is 0 Å². The third-order valence-electron chi connectivity index (χ3n) is 5.11. The Morgan fingerprint density at radius 1 is 1.19 bits per heavy atom. The topological polar surface area (TPSA) is 48.9 Å². The molecule has 2 N–H and O–H groups in total. The minimum atomic E-state index is -4.06. The van der Waals surface area contributed by atoms with E-state index in [1.807, 2.05) is 6.92 Å². The molecule has 1 heterocycles. The number of halogens is 3. The first kappa shape index (κ1) is 21.3. The van der Waals surface area contributed by atoms with Gasteiger partial charge in [0.15, 0.2) is 5.96 Å². The predicted octanol–water partition coefficient (Wildman–Crippen LogP) is 2.63. The lowest BCUT2D eigenvalue weighted by molar-refractivity contribution is -0.182. The summed E-state index contributed by atoms with van der Waals surface area (Å²) in [6.07, 6.45) is -2.57. The lowest BCUT2D eigenvalue weighted by atomic mass is 9.85. The van der Waals surface area contributed by atoms with Crippen LogP contribution in [0.1, 0.15) is 39.5 Å². The van der Waals surface area contributed by atoms with Crippen LogP contribution in [0.25, 0.3) is 0 Å². The molecular formula is C18H33F3N4O. The maximum absolute atomic E-state index is 12.8. The largest absolute Gasteiger partial charge is 0.391 e. The van der Waals surface area contributed by atoms with E-state index in [4.69, 9.17) is 4.74 Å². The summed E-state index contributed by atoms with van der Waals surface area (Å²) in [5, 5.41) is 6.54. The highest BCUT2D eigenvalue weighted by Crippen LogP contribution is 2.37. The number of ether oxygens (including phenoxy) is 1. The van der Waals surface area contributed by atoms with Crippen LogP contribution in [-0.4, -0.2) is 69.0 Å². The minimum absolute atomic E-state index is 0.0703. The summed E-state index contributed by atoms with van der Waals surface area (Å²) >= 11 is 0. The van der Waals surface area contributed by atoms with Crippen molar-refractivity contribution in [2.45, 2.75) is 51.7 Å². The van der Waals surface area contributed by atoms with Crippen LogP contribution in [0.3, 0.4) is 0 Å². The second kappa shape index (κ2) is 10.3. The van der Waals surface area contributed by atoms with Gasteiger partial charge in [0.05, 0.1) is 19.1 Å². The second-order valence-corrected chi connectivity index (χ2v) is 7.47. The Morgan fingerprint density at radius 3 is 2.42 bits per heavy atom. The minimum Gasteiger partial charge on any atom is -0.379 e. The molecule has 0 bridgehead atoms. The zero-order valence-electron chi connectivity index (χ0n) is 15.9. The van der Waals surface area contributed by atoms with Crippen molar-refractivity contribution in [3.63, 3.8) is 0 Å². The molecule has 8 heteroatoms. The number of alkyl halides is 3. The third-order valence-corrected chi connectivity index (χ3v) is 5.11. The second-order valence-electron chi connectivity index (χ2n) is 7.47. The van der Waals surface area contributed by atoms with Crippen molar-refractivity contribution in [1.82, 2.24) is 15.5 Å². The summed E-state index contributed by atoms with van der Waals surface area (Å²) in [5.74, 6) is -0.00470. The number of nitrogens with zero attached hydrogens (tertiary/aromatic N) is 2. The average Bonchev–Trinajstić information content (AvgIpc) is 2.60. The molecule has 0 aromatic heterocycles. The van der Waals surface area contributed by atoms with Crippen molar-refractivity contribution in [2.75, 3.05) is 45.9 Å². The predicted molar refractivity (Wildman–Crippen MR) is 97.3 cm³/mol. The van der Waals surface area contributed by atoms with Crippen LogP contribution in [0.15, 0.2) is 4.99 Å². The number of rotatable bonds is 6. The van der Waals surface area contributed by atoms with E-state index in [1.165, 1.54) is 0 Å². The van der Waals surface area contributed by atoms with Gasteiger partial charge in [0.1, 0.15) is 0 Å². The summed E-state index contributed by atoms with van der Waals surface area (Å²) in [6, 6.07) is 0.0703. The number of morpholine rings is 1. The summed E-state index contributed by atoms with van der Waals surface area (Å²) in [7, 11) is 0. The third kappa shape index (κ3) is 7.31. The molecule has 2 rings (SSSR count). The zero-order chi connectivity index (χ0) is 19.0. The zero-order valence-corrected chi connectivity index (χ0v) is 15.9. The molecule has 0 aromatic carbocycles. The van der Waals surface area contributed by atoms with Crippen molar-refractivity contribution in [3.8, 4) is 0 Å². The molecule has 0 amide bonds. The van der Waals surface area contributed by atoms with Crippen molar-refractivity contribution in [1.29, 1.82) is 0 Å². The van der Waals surface area contributed by atoms with Gasteiger partial charge in [-0.15, -0.1) is 0 Å². The Kier molecular flexibility index (Phi) is 8.47. The van der Waals surface area contributed by atoms with Gasteiger partial charge in [-0.3, -0.25) is 9.89 Å². The molecule has 5 nitrogen and oxygen atoms in total. The van der Waals surface area contributed by atoms with Crippen molar-refractivity contribution in [2.24, 2.45) is 16.8 Å². The van der Waals surface area contributed by atoms with Gasteiger partial charge in [-0.2, -0.15) is 13.2 Å². The summed E-state index contributed by atoms with van der Waals surface area (Å²) in [4.78, 5) is 7.05. The van der Waals surface area contributed by atoms with Gasteiger partial charge < -0.3 is 15.4 Å². The van der Waals surface area contributed by atoms with Crippen LogP contribution in [0.2, 0.25) is 0 Å². The van der Waals surface area contributed by atoms with E-state index < -0.39 is 12.1 Å². The van der Waals surface area contributed by atoms with Crippen LogP contribution < -0.4 is 10.6 Å². The Balaban J connectivity index is 1.77. The van der Waals surface area contributed by atoms with Gasteiger partial charge in [0.25, 0.3) is 0 Å². The fourth-order valence-corrected chi connectivity index (χ4v) is 3.61. The van der Waals surface area contributed by atoms with Gasteiger partial charge >= 0.3 is 6.18 Å². The van der Waals surface area contributed by atoms with E-state index in [9.17, 15) is 13.2 Å². The van der Waals surface area contributed by atoms with Crippen LogP contribution in [0.4, 0.5) is 13.2 Å². The Labute approximate surface area is 154 Å². The molecule has 0 aromatic rings. The van der Waals surface area contributed by atoms with Crippen molar-refractivity contribution < 1.29 is 17.9 Å². The van der Waals surface area contributed by atoms with Crippen LogP contribution >= 0.6 is 0 Å². The molecule has 1 atom stereocenters. The van der Waals surface area contributed by atoms with Crippen LogP contribution in [0.5, 0.6) is 0 Å². The monoisotopic (exact) mass is 378 g/mol.